The number of phenolic OH excluding ortho intramolecular Hbond substituents is 1. The number of hydrogen-bond acceptors (Lipinski definition) is 2. The number of benzene rings is 4. The summed E-state index contributed by atoms with van der Waals surface area (Å²) in [7, 11) is -3.30. The number of fused-ring (bicyclic) bond motifs is 2. The monoisotopic (exact) mass is 532 g/mol. The lowest BCUT2D eigenvalue weighted by Gasteiger charge is -2.21. The normalized spacial score (nSPS) is 12.0. The second kappa shape index (κ2) is 10.3. The van der Waals surface area contributed by atoms with Crippen molar-refractivity contribution in [1.29, 1.82) is 0 Å². The molecule has 0 atom stereocenters. The van der Waals surface area contributed by atoms with Crippen molar-refractivity contribution in [3.63, 3.8) is 0 Å². The van der Waals surface area contributed by atoms with Crippen molar-refractivity contribution >= 4 is 48.1 Å². The van der Waals surface area contributed by atoms with Crippen LogP contribution in [0.2, 0.25) is 39.3 Å². The maximum atomic E-state index is 13.8. The van der Waals surface area contributed by atoms with E-state index < -0.39 is 39.4 Å². The van der Waals surface area contributed by atoms with Crippen molar-refractivity contribution in [1.82, 2.24) is 0 Å². The van der Waals surface area contributed by atoms with Gasteiger partial charge in [-0.1, -0.05) is 63.5 Å². The molecule has 0 amide bonds. The summed E-state index contributed by atoms with van der Waals surface area (Å²) in [5.41, 5.74) is 0. The van der Waals surface area contributed by atoms with Crippen LogP contribution in [0.15, 0.2) is 48.5 Å². The minimum absolute atomic E-state index is 0.0566. The Balaban J connectivity index is 0.000000202. The third kappa shape index (κ3) is 5.76. The lowest BCUT2D eigenvalue weighted by atomic mass is 10.1. The Hall–Kier alpha value is -2.85. The van der Waals surface area contributed by atoms with Crippen LogP contribution >= 0.6 is 0 Å². The number of rotatable bonds is 4. The van der Waals surface area contributed by atoms with Crippen LogP contribution in [0.4, 0.5) is 17.6 Å². The summed E-state index contributed by atoms with van der Waals surface area (Å²) in [5.74, 6) is -2.69. The first kappa shape index (κ1) is 27.7. The van der Waals surface area contributed by atoms with Gasteiger partial charge in [0.2, 0.25) is 0 Å². The van der Waals surface area contributed by atoms with E-state index in [1.807, 2.05) is 13.0 Å². The minimum atomic E-state index is -1.69. The van der Waals surface area contributed by atoms with Crippen LogP contribution in [-0.4, -0.2) is 27.9 Å². The molecule has 0 aliphatic carbocycles. The molecule has 0 aliphatic heterocycles. The van der Waals surface area contributed by atoms with Crippen molar-refractivity contribution in [3.05, 3.63) is 71.8 Å². The average Bonchev–Trinajstić information content (AvgIpc) is 2.78. The molecular weight excluding hydrogens is 500 g/mol. The molecule has 0 saturated carbocycles. The minimum Gasteiger partial charge on any atom is -0.508 e. The van der Waals surface area contributed by atoms with Gasteiger partial charge in [0.1, 0.15) is 11.5 Å². The highest BCUT2D eigenvalue weighted by atomic mass is 28.3. The highest BCUT2D eigenvalue weighted by Crippen LogP contribution is 2.27. The smallest absolute Gasteiger partial charge is 0.166 e. The van der Waals surface area contributed by atoms with Crippen LogP contribution in [0.25, 0.3) is 21.5 Å². The molecule has 4 rings (SSSR count). The molecule has 36 heavy (non-hydrogen) atoms. The Kier molecular flexibility index (Phi) is 7.90. The molecule has 0 radical (unpaired) electrons. The van der Waals surface area contributed by atoms with E-state index in [-0.39, 0.29) is 16.5 Å². The summed E-state index contributed by atoms with van der Waals surface area (Å²) in [4.78, 5) is 0. The highest BCUT2D eigenvalue weighted by Gasteiger charge is 2.23. The summed E-state index contributed by atoms with van der Waals surface area (Å²) in [6.45, 7) is 15.3. The molecule has 0 fully saturated rings. The van der Waals surface area contributed by atoms with Crippen LogP contribution in [0.3, 0.4) is 0 Å². The van der Waals surface area contributed by atoms with Gasteiger partial charge >= 0.3 is 0 Å². The van der Waals surface area contributed by atoms with Gasteiger partial charge in [-0.05, 0) is 52.3 Å². The molecule has 4 aromatic carbocycles. The van der Waals surface area contributed by atoms with Gasteiger partial charge in [-0.15, -0.1) is 0 Å². The van der Waals surface area contributed by atoms with E-state index in [4.69, 9.17) is 4.74 Å². The largest absolute Gasteiger partial charge is 0.508 e. The molecule has 0 heterocycles. The molecule has 2 nitrogen and oxygen atoms in total. The molecule has 0 unspecified atom stereocenters. The lowest BCUT2D eigenvalue weighted by molar-refractivity contribution is 0.343. The topological polar surface area (TPSA) is 29.5 Å². The quantitative estimate of drug-likeness (QED) is 0.219. The van der Waals surface area contributed by atoms with E-state index in [2.05, 4.69) is 39.3 Å². The van der Waals surface area contributed by atoms with Gasteiger partial charge in [0, 0.05) is 10.8 Å². The van der Waals surface area contributed by atoms with Gasteiger partial charge in [0.05, 0.1) is 22.8 Å². The molecule has 4 aromatic rings. The Morgan fingerprint density at radius 1 is 0.667 bits per heavy atom. The van der Waals surface area contributed by atoms with Gasteiger partial charge in [-0.2, -0.15) is 0 Å². The number of aromatic hydroxyl groups is 1. The summed E-state index contributed by atoms with van der Waals surface area (Å²) in [6, 6.07) is 12.1. The van der Waals surface area contributed by atoms with E-state index in [0.29, 0.717) is 17.7 Å². The fourth-order valence-corrected chi connectivity index (χ4v) is 6.95. The van der Waals surface area contributed by atoms with Crippen LogP contribution in [0, 0.1) is 23.3 Å². The molecule has 0 saturated heterocycles. The average molecular weight is 533 g/mol. The van der Waals surface area contributed by atoms with Crippen LogP contribution in [0.1, 0.15) is 6.92 Å². The first-order valence-corrected chi connectivity index (χ1v) is 18.8. The Morgan fingerprint density at radius 2 is 1.11 bits per heavy atom. The van der Waals surface area contributed by atoms with Gasteiger partial charge < -0.3 is 9.84 Å². The van der Waals surface area contributed by atoms with E-state index in [0.717, 1.165) is 21.8 Å². The van der Waals surface area contributed by atoms with Crippen molar-refractivity contribution < 1.29 is 27.4 Å². The maximum Gasteiger partial charge on any atom is 0.166 e. The predicted octanol–water partition coefficient (Wildman–Crippen LogP) is 7.43. The third-order valence-corrected chi connectivity index (χ3v) is 9.97. The third-order valence-electron chi connectivity index (χ3n) is 5.95. The zero-order valence-electron chi connectivity index (χ0n) is 21.7. The number of hydrogen-bond donors (Lipinski definition) is 1. The molecule has 0 aliphatic rings. The number of phenols is 1. The van der Waals surface area contributed by atoms with Crippen LogP contribution in [-0.2, 0) is 0 Å². The summed E-state index contributed by atoms with van der Waals surface area (Å²) >= 11 is 0. The molecular formula is C28H32F4O2Si2. The van der Waals surface area contributed by atoms with Gasteiger partial charge in [0.25, 0.3) is 0 Å². The van der Waals surface area contributed by atoms with Crippen molar-refractivity contribution in [3.8, 4) is 11.5 Å². The van der Waals surface area contributed by atoms with Gasteiger partial charge in [-0.25, -0.2) is 17.6 Å². The Labute approximate surface area is 211 Å². The second-order valence-corrected chi connectivity index (χ2v) is 20.9. The van der Waals surface area contributed by atoms with E-state index in [1.54, 1.807) is 18.2 Å². The zero-order valence-corrected chi connectivity index (χ0v) is 23.7. The zero-order chi connectivity index (χ0) is 27.0. The molecule has 0 aromatic heterocycles. The molecule has 0 spiro atoms. The fraction of sp³-hybridized carbons (Fsp3) is 0.286. The van der Waals surface area contributed by atoms with Crippen LogP contribution in [0.5, 0.6) is 11.5 Å². The van der Waals surface area contributed by atoms with Gasteiger partial charge in [0.15, 0.2) is 23.3 Å². The SMILES string of the molecule is CCOc1cc2c(F)c(F)ccc2cc1[Si](C)(C)C.C[Si](C)(C)c1cc2ccc(F)c(F)c2cc1O. The number of ether oxygens (including phenoxy) is 1. The molecule has 1 N–H and O–H groups in total. The summed E-state index contributed by atoms with van der Waals surface area (Å²) in [5, 5.41) is 13.7. The Bertz CT molecular complexity index is 1420. The van der Waals surface area contributed by atoms with E-state index in [9.17, 15) is 22.7 Å². The predicted molar refractivity (Wildman–Crippen MR) is 147 cm³/mol. The van der Waals surface area contributed by atoms with Gasteiger partial charge in [-0.3, -0.25) is 0 Å². The van der Waals surface area contributed by atoms with Crippen molar-refractivity contribution in [2.24, 2.45) is 0 Å². The maximum absolute atomic E-state index is 13.8. The summed E-state index contributed by atoms with van der Waals surface area (Å²) < 4.78 is 59.3. The molecule has 0 bridgehead atoms. The molecule has 8 heteroatoms. The Morgan fingerprint density at radius 3 is 1.56 bits per heavy atom. The second-order valence-electron chi connectivity index (χ2n) is 10.8. The van der Waals surface area contributed by atoms with Crippen LogP contribution < -0.4 is 15.1 Å². The summed E-state index contributed by atoms with van der Waals surface area (Å²) in [6.07, 6.45) is 0. The van der Waals surface area contributed by atoms with E-state index in [1.165, 1.54) is 18.2 Å². The fourth-order valence-electron chi connectivity index (χ4n) is 4.05. The van der Waals surface area contributed by atoms with E-state index >= 15 is 0 Å². The lowest BCUT2D eigenvalue weighted by Crippen LogP contribution is -2.38. The number of halogens is 4. The van der Waals surface area contributed by atoms with Crippen molar-refractivity contribution in [2.45, 2.75) is 46.2 Å². The highest BCUT2D eigenvalue weighted by molar-refractivity contribution is 6.90. The standard InChI is InChI=1S/C15H18F2OSi.C13H14F2OSi/c1-5-18-13-9-11-10(6-7-12(16)15(11)17)8-14(13)19(2,3)4;1-17(2,3)12-6-8-4-5-10(14)13(15)9(8)7-11(12)16/h6-9H,5H2,1-4H3;4-7,16H,1-3H3. The first-order valence-electron chi connectivity index (χ1n) is 11.8. The first-order chi connectivity index (χ1) is 16.6. The van der Waals surface area contributed by atoms with Crippen molar-refractivity contribution in [2.75, 3.05) is 6.61 Å². The molecule has 192 valence electrons.